The molecule has 1 aliphatic rings. The fourth-order valence-corrected chi connectivity index (χ4v) is 3.05. The lowest BCUT2D eigenvalue weighted by Crippen LogP contribution is -2.29. The Kier molecular flexibility index (Phi) is 5.85. The highest BCUT2D eigenvalue weighted by Crippen LogP contribution is 2.21. The number of hydrogen-bond donors (Lipinski definition) is 2. The molecule has 1 aromatic heterocycles. The number of carbonyl (C=O) groups is 4. The Morgan fingerprint density at radius 2 is 2.17 bits per heavy atom. The van der Waals surface area contributed by atoms with E-state index >= 15 is 0 Å². The zero-order chi connectivity index (χ0) is 17.7. The topological polar surface area (TPSA) is 118 Å². The van der Waals surface area contributed by atoms with Crippen molar-refractivity contribution in [2.45, 2.75) is 39.3 Å². The number of rotatable bonds is 7. The van der Waals surface area contributed by atoms with Crippen LogP contribution in [0.25, 0.3) is 0 Å². The summed E-state index contributed by atoms with van der Waals surface area (Å²) in [6.07, 6.45) is 0.177. The van der Waals surface area contributed by atoms with Gasteiger partial charge in [-0.15, -0.1) is 11.3 Å². The van der Waals surface area contributed by atoms with Crippen LogP contribution in [0.3, 0.4) is 0 Å². The van der Waals surface area contributed by atoms with Gasteiger partial charge in [0, 0.05) is 25.3 Å². The summed E-state index contributed by atoms with van der Waals surface area (Å²) in [6, 6.07) is -1.26. The zero-order valence-electron chi connectivity index (χ0n) is 13.3. The molecule has 0 aromatic carbocycles. The van der Waals surface area contributed by atoms with Gasteiger partial charge in [0.25, 0.3) is 5.91 Å². The van der Waals surface area contributed by atoms with Crippen molar-refractivity contribution in [2.75, 3.05) is 11.4 Å². The first kappa shape index (κ1) is 17.9. The van der Waals surface area contributed by atoms with Crippen molar-refractivity contribution >= 4 is 40.3 Å². The van der Waals surface area contributed by atoms with E-state index in [1.54, 1.807) is 5.38 Å². The van der Waals surface area contributed by atoms with Gasteiger partial charge in [-0.05, 0) is 13.3 Å². The van der Waals surface area contributed by atoms with Crippen molar-refractivity contribution in [3.05, 3.63) is 11.1 Å². The number of ether oxygens (including phenoxy) is 1. The highest BCUT2D eigenvalue weighted by Gasteiger charge is 2.29. The summed E-state index contributed by atoms with van der Waals surface area (Å²) in [6.45, 7) is 3.81. The molecule has 0 radical (unpaired) electrons. The summed E-state index contributed by atoms with van der Waals surface area (Å²) in [7, 11) is 0. The second-order valence-corrected chi connectivity index (χ2v) is 5.94. The van der Waals surface area contributed by atoms with Crippen molar-refractivity contribution in [2.24, 2.45) is 0 Å². The molecule has 10 heteroatoms. The number of hydrogen-bond acceptors (Lipinski definition) is 7. The third-order valence-electron chi connectivity index (χ3n) is 3.34. The molecule has 1 aromatic rings. The molecule has 1 unspecified atom stereocenters. The minimum absolute atomic E-state index is 0.00386. The van der Waals surface area contributed by atoms with Crippen LogP contribution < -0.4 is 15.5 Å². The minimum Gasteiger partial charge on any atom is -0.459 e. The van der Waals surface area contributed by atoms with E-state index < -0.39 is 23.9 Å². The molecule has 1 aliphatic heterocycles. The van der Waals surface area contributed by atoms with Crippen molar-refractivity contribution in [3.63, 3.8) is 0 Å². The first-order chi connectivity index (χ1) is 11.4. The quantitative estimate of drug-likeness (QED) is 0.545. The Hall–Kier alpha value is -2.49. The summed E-state index contributed by atoms with van der Waals surface area (Å²) in [4.78, 5) is 51.2. The third kappa shape index (κ3) is 4.51. The van der Waals surface area contributed by atoms with E-state index in [1.165, 1.54) is 23.2 Å². The molecular formula is C14H18N4O5S. The monoisotopic (exact) mass is 354 g/mol. The number of esters is 1. The van der Waals surface area contributed by atoms with Crippen LogP contribution in [-0.4, -0.2) is 41.4 Å². The highest BCUT2D eigenvalue weighted by atomic mass is 32.1. The second-order valence-electron chi connectivity index (χ2n) is 5.10. The van der Waals surface area contributed by atoms with Crippen molar-refractivity contribution < 1.29 is 23.9 Å². The molecule has 0 bridgehead atoms. The van der Waals surface area contributed by atoms with Gasteiger partial charge in [-0.1, -0.05) is 0 Å². The van der Waals surface area contributed by atoms with E-state index in [1.807, 2.05) is 6.92 Å². The lowest BCUT2D eigenvalue weighted by molar-refractivity contribution is -0.145. The van der Waals surface area contributed by atoms with Gasteiger partial charge >= 0.3 is 12.0 Å². The van der Waals surface area contributed by atoms with Crippen LogP contribution in [0.15, 0.2) is 5.38 Å². The van der Waals surface area contributed by atoms with Gasteiger partial charge in [0.2, 0.25) is 5.91 Å². The molecule has 0 aliphatic carbocycles. The second kappa shape index (κ2) is 7.86. The van der Waals surface area contributed by atoms with Gasteiger partial charge in [-0.2, -0.15) is 0 Å². The number of thiazole rings is 1. The normalized spacial score (nSPS) is 16.5. The average molecular weight is 354 g/mol. The van der Waals surface area contributed by atoms with Crippen LogP contribution in [0.4, 0.5) is 9.93 Å². The van der Waals surface area contributed by atoms with E-state index in [4.69, 9.17) is 4.74 Å². The van der Waals surface area contributed by atoms with Crippen LogP contribution in [0.1, 0.15) is 32.4 Å². The summed E-state index contributed by atoms with van der Waals surface area (Å²) >= 11 is 1.30. The Balaban J connectivity index is 1.78. The maximum absolute atomic E-state index is 11.7. The number of imide groups is 1. The van der Waals surface area contributed by atoms with Crippen LogP contribution >= 0.6 is 11.3 Å². The lowest BCUT2D eigenvalue weighted by atomic mass is 10.1. The molecule has 0 saturated carbocycles. The van der Waals surface area contributed by atoms with E-state index in [9.17, 15) is 19.2 Å². The number of anilines is 1. The van der Waals surface area contributed by atoms with Crippen molar-refractivity contribution in [1.29, 1.82) is 0 Å². The van der Waals surface area contributed by atoms with Crippen LogP contribution in [0, 0.1) is 0 Å². The number of aromatic nitrogens is 1. The molecular weight excluding hydrogens is 336 g/mol. The zero-order valence-corrected chi connectivity index (χ0v) is 14.1. The van der Waals surface area contributed by atoms with Gasteiger partial charge in [0.15, 0.2) is 5.13 Å². The number of amides is 4. The van der Waals surface area contributed by atoms with E-state index in [-0.39, 0.29) is 25.4 Å². The summed E-state index contributed by atoms with van der Waals surface area (Å²) in [5.74, 6) is -1.04. The van der Waals surface area contributed by atoms with Crippen LogP contribution in [-0.2, 0) is 25.7 Å². The summed E-state index contributed by atoms with van der Waals surface area (Å²) < 4.78 is 5.09. The molecule has 130 valence electrons. The SMILES string of the molecule is CCN(C(C)=O)c1nc(COC(=O)CCC2NC(=O)NC2=O)cs1. The summed E-state index contributed by atoms with van der Waals surface area (Å²) in [5.41, 5.74) is 0.551. The Bertz CT molecular complexity index is 659. The molecule has 1 atom stereocenters. The predicted octanol–water partition coefficient (Wildman–Crippen LogP) is 0.547. The largest absolute Gasteiger partial charge is 0.459 e. The smallest absolute Gasteiger partial charge is 0.322 e. The molecule has 1 fully saturated rings. The number of urea groups is 1. The van der Waals surface area contributed by atoms with Gasteiger partial charge < -0.3 is 10.1 Å². The highest BCUT2D eigenvalue weighted by molar-refractivity contribution is 7.14. The molecule has 4 amide bonds. The first-order valence-electron chi connectivity index (χ1n) is 7.40. The molecule has 9 nitrogen and oxygen atoms in total. The summed E-state index contributed by atoms with van der Waals surface area (Å²) in [5, 5.41) is 6.78. The molecule has 1 saturated heterocycles. The predicted molar refractivity (Wildman–Crippen MR) is 85.3 cm³/mol. The van der Waals surface area contributed by atoms with Crippen molar-refractivity contribution in [1.82, 2.24) is 15.6 Å². The van der Waals surface area contributed by atoms with E-state index in [0.717, 1.165) is 0 Å². The Labute approximate surface area is 142 Å². The number of nitrogens with zero attached hydrogens (tertiary/aromatic N) is 2. The first-order valence-corrected chi connectivity index (χ1v) is 8.28. The number of carbonyl (C=O) groups excluding carboxylic acids is 4. The maximum Gasteiger partial charge on any atom is 0.322 e. The van der Waals surface area contributed by atoms with Gasteiger partial charge in [-0.3, -0.25) is 24.6 Å². The fourth-order valence-electron chi connectivity index (χ4n) is 2.13. The van der Waals surface area contributed by atoms with Gasteiger partial charge in [-0.25, -0.2) is 9.78 Å². The maximum atomic E-state index is 11.7. The lowest BCUT2D eigenvalue weighted by Gasteiger charge is -2.14. The van der Waals surface area contributed by atoms with Crippen LogP contribution in [0.2, 0.25) is 0 Å². The molecule has 2 N–H and O–H groups in total. The van der Waals surface area contributed by atoms with E-state index in [0.29, 0.717) is 17.4 Å². The number of nitrogens with one attached hydrogen (secondary N) is 2. The molecule has 2 heterocycles. The van der Waals surface area contributed by atoms with Gasteiger partial charge in [0.05, 0.1) is 5.69 Å². The fraction of sp³-hybridized carbons (Fsp3) is 0.500. The minimum atomic E-state index is -0.704. The van der Waals surface area contributed by atoms with Gasteiger partial charge in [0.1, 0.15) is 12.6 Å². The molecule has 2 rings (SSSR count). The molecule has 0 spiro atoms. The average Bonchev–Trinajstić information content (AvgIpc) is 3.10. The molecule has 24 heavy (non-hydrogen) atoms. The van der Waals surface area contributed by atoms with E-state index in [2.05, 4.69) is 15.6 Å². The van der Waals surface area contributed by atoms with Crippen molar-refractivity contribution in [3.8, 4) is 0 Å². The Morgan fingerprint density at radius 1 is 1.42 bits per heavy atom. The standard InChI is InChI=1S/C14H18N4O5S/c1-3-18(8(2)19)14-15-9(7-24-14)6-23-11(20)5-4-10-12(21)17-13(22)16-10/h7,10H,3-6H2,1-2H3,(H2,16,17,21,22). The third-order valence-corrected chi connectivity index (χ3v) is 4.26. The van der Waals surface area contributed by atoms with Crippen LogP contribution in [0.5, 0.6) is 0 Å². The Morgan fingerprint density at radius 3 is 2.75 bits per heavy atom.